The molecule has 3 aromatic rings. The Morgan fingerprint density at radius 1 is 1.45 bits per heavy atom. The molecular formula is C14H12BrN3OS. The van der Waals surface area contributed by atoms with Gasteiger partial charge in [0.05, 0.1) is 6.20 Å². The molecule has 1 aromatic carbocycles. The number of aryl methyl sites for hydroxylation is 1. The number of nitrogens with one attached hydrogen (secondary N) is 1. The summed E-state index contributed by atoms with van der Waals surface area (Å²) in [6, 6.07) is 8.14. The van der Waals surface area contributed by atoms with Gasteiger partial charge in [0.25, 0.3) is 0 Å². The first-order valence-electron chi connectivity index (χ1n) is 6.43. The summed E-state index contributed by atoms with van der Waals surface area (Å²) < 4.78 is 8.13. The Hall–Kier alpha value is -1.40. The van der Waals surface area contributed by atoms with Crippen molar-refractivity contribution >= 4 is 38.7 Å². The van der Waals surface area contributed by atoms with E-state index < -0.39 is 0 Å². The molecular weight excluding hydrogens is 338 g/mol. The second-order valence-electron chi connectivity index (χ2n) is 4.60. The van der Waals surface area contributed by atoms with Gasteiger partial charge in [0.15, 0.2) is 10.9 Å². The summed E-state index contributed by atoms with van der Waals surface area (Å²) in [5.41, 5.74) is 6.28. The van der Waals surface area contributed by atoms with Crippen LogP contribution >= 0.6 is 27.7 Å². The summed E-state index contributed by atoms with van der Waals surface area (Å²) in [5, 5.41) is 2.13. The number of imidazole rings is 1. The van der Waals surface area contributed by atoms with E-state index in [2.05, 4.69) is 39.3 Å². The maximum absolute atomic E-state index is 6.02. The van der Waals surface area contributed by atoms with Crippen molar-refractivity contribution in [2.75, 3.05) is 5.43 Å². The van der Waals surface area contributed by atoms with Crippen LogP contribution in [-0.4, -0.2) is 13.9 Å². The Morgan fingerprint density at radius 3 is 3.10 bits per heavy atom. The van der Waals surface area contributed by atoms with Gasteiger partial charge in [-0.25, -0.2) is 9.66 Å². The van der Waals surface area contributed by atoms with Gasteiger partial charge in [-0.3, -0.25) is 5.43 Å². The van der Waals surface area contributed by atoms with Crippen molar-refractivity contribution in [2.45, 2.75) is 22.8 Å². The molecule has 1 unspecified atom stereocenters. The predicted octanol–water partition coefficient (Wildman–Crippen LogP) is 4.19. The first-order valence-corrected chi connectivity index (χ1v) is 8.23. The largest absolute Gasteiger partial charge is 0.454 e. The highest BCUT2D eigenvalue weighted by atomic mass is 79.9. The topological polar surface area (TPSA) is 43.0 Å². The summed E-state index contributed by atoms with van der Waals surface area (Å²) in [6.07, 6.45) is 2.91. The Morgan fingerprint density at radius 2 is 2.30 bits per heavy atom. The third-order valence-corrected chi connectivity index (χ3v) is 4.98. The quantitative estimate of drug-likeness (QED) is 0.556. The van der Waals surface area contributed by atoms with E-state index in [1.54, 1.807) is 11.8 Å². The van der Waals surface area contributed by atoms with Crippen LogP contribution in [0.15, 0.2) is 40.0 Å². The Labute approximate surface area is 128 Å². The third-order valence-electron chi connectivity index (χ3n) is 3.41. The van der Waals surface area contributed by atoms with Crippen molar-refractivity contribution in [3.8, 4) is 11.5 Å². The lowest BCUT2D eigenvalue weighted by Gasteiger charge is -2.01. The standard InChI is InChI=1S/C14H12BrN3OS/c1-2-8-9-5-3-4-6-11(9)19-12(8)10-7-18-14(16-10)20-13(15)17-18/h3-7,13,17H,2H2,1H3. The van der Waals surface area contributed by atoms with Gasteiger partial charge in [0, 0.05) is 10.9 Å². The van der Waals surface area contributed by atoms with Crippen molar-refractivity contribution in [1.82, 2.24) is 9.66 Å². The summed E-state index contributed by atoms with van der Waals surface area (Å²) in [7, 11) is 0. The molecule has 1 aliphatic heterocycles. The average Bonchev–Trinajstić information content (AvgIpc) is 3.07. The minimum atomic E-state index is 0.181. The number of thioether (sulfide) groups is 1. The summed E-state index contributed by atoms with van der Waals surface area (Å²) >= 11 is 5.15. The van der Waals surface area contributed by atoms with Crippen molar-refractivity contribution in [3.63, 3.8) is 0 Å². The molecule has 0 fully saturated rings. The molecule has 3 heterocycles. The first kappa shape index (κ1) is 12.3. The van der Waals surface area contributed by atoms with Crippen LogP contribution in [0.5, 0.6) is 0 Å². The highest BCUT2D eigenvalue weighted by molar-refractivity contribution is 9.11. The van der Waals surface area contributed by atoms with E-state index in [4.69, 9.17) is 4.42 Å². The molecule has 6 heteroatoms. The number of benzene rings is 1. The SMILES string of the molecule is CCc1c(-c2cn3c(n2)SC(Br)N3)oc2ccccc12. The van der Waals surface area contributed by atoms with Crippen LogP contribution in [0.1, 0.15) is 12.5 Å². The molecule has 0 aliphatic carbocycles. The van der Waals surface area contributed by atoms with Gasteiger partial charge in [-0.1, -0.05) is 41.1 Å². The van der Waals surface area contributed by atoms with E-state index in [0.717, 1.165) is 28.6 Å². The summed E-state index contributed by atoms with van der Waals surface area (Å²) in [4.78, 5) is 4.65. The fourth-order valence-corrected chi connectivity index (χ4v) is 3.98. The highest BCUT2D eigenvalue weighted by Crippen LogP contribution is 2.37. The van der Waals surface area contributed by atoms with Gasteiger partial charge < -0.3 is 4.42 Å². The molecule has 2 aromatic heterocycles. The van der Waals surface area contributed by atoms with Crippen LogP contribution in [0.25, 0.3) is 22.4 Å². The van der Waals surface area contributed by atoms with Crippen LogP contribution in [0.4, 0.5) is 0 Å². The Bertz CT molecular complexity index is 771. The minimum Gasteiger partial charge on any atom is -0.454 e. The fraction of sp³-hybridized carbons (Fsp3) is 0.214. The van der Waals surface area contributed by atoms with Crippen molar-refractivity contribution in [2.24, 2.45) is 0 Å². The number of halogens is 1. The minimum absolute atomic E-state index is 0.181. The third kappa shape index (κ3) is 1.78. The van der Waals surface area contributed by atoms with Crippen molar-refractivity contribution < 1.29 is 4.42 Å². The lowest BCUT2D eigenvalue weighted by molar-refractivity contribution is 0.624. The van der Waals surface area contributed by atoms with Gasteiger partial charge in [0.2, 0.25) is 0 Å². The lowest BCUT2D eigenvalue weighted by Crippen LogP contribution is -2.11. The molecule has 0 amide bonds. The van der Waals surface area contributed by atoms with Gasteiger partial charge in [-0.05, 0) is 24.2 Å². The number of furan rings is 1. The Kier molecular flexibility index (Phi) is 2.82. The number of alkyl halides is 1. The highest BCUT2D eigenvalue weighted by Gasteiger charge is 2.24. The van der Waals surface area contributed by atoms with Crippen molar-refractivity contribution in [3.05, 3.63) is 36.0 Å². The second kappa shape index (κ2) is 4.56. The number of nitrogens with zero attached hydrogens (tertiary/aromatic N) is 2. The Balaban J connectivity index is 1.88. The van der Waals surface area contributed by atoms with Gasteiger partial charge in [-0.2, -0.15) is 0 Å². The number of rotatable bonds is 2. The van der Waals surface area contributed by atoms with Crippen LogP contribution in [-0.2, 0) is 6.42 Å². The zero-order chi connectivity index (χ0) is 13.7. The molecule has 1 atom stereocenters. The van der Waals surface area contributed by atoms with E-state index >= 15 is 0 Å². The predicted molar refractivity (Wildman–Crippen MR) is 84.7 cm³/mol. The van der Waals surface area contributed by atoms with Gasteiger partial charge >= 0.3 is 0 Å². The van der Waals surface area contributed by atoms with Crippen LogP contribution in [0, 0.1) is 0 Å². The summed E-state index contributed by atoms with van der Waals surface area (Å²) in [5.74, 6) is 0.879. The smallest absolute Gasteiger partial charge is 0.190 e. The molecule has 1 aliphatic rings. The number of fused-ring (bicyclic) bond motifs is 2. The second-order valence-corrected chi connectivity index (χ2v) is 7.20. The molecule has 4 nitrogen and oxygen atoms in total. The molecule has 20 heavy (non-hydrogen) atoms. The molecule has 0 bridgehead atoms. The van der Waals surface area contributed by atoms with E-state index in [9.17, 15) is 0 Å². The molecule has 0 radical (unpaired) electrons. The number of hydrogen-bond donors (Lipinski definition) is 1. The number of aromatic nitrogens is 2. The van der Waals surface area contributed by atoms with E-state index in [0.29, 0.717) is 0 Å². The molecule has 0 saturated heterocycles. The normalized spacial score (nSPS) is 17.4. The lowest BCUT2D eigenvalue weighted by atomic mass is 10.1. The maximum atomic E-state index is 6.02. The maximum Gasteiger partial charge on any atom is 0.190 e. The van der Waals surface area contributed by atoms with Gasteiger partial charge in [0.1, 0.15) is 15.6 Å². The van der Waals surface area contributed by atoms with Crippen LogP contribution < -0.4 is 5.43 Å². The fourth-order valence-electron chi connectivity index (χ4n) is 2.53. The van der Waals surface area contributed by atoms with Gasteiger partial charge in [-0.15, -0.1) is 0 Å². The molecule has 0 saturated carbocycles. The van der Waals surface area contributed by atoms with Crippen LogP contribution in [0.3, 0.4) is 0 Å². The molecule has 4 rings (SSSR count). The molecule has 102 valence electrons. The first-order chi connectivity index (χ1) is 9.76. The zero-order valence-corrected chi connectivity index (χ0v) is 13.2. The zero-order valence-electron chi connectivity index (χ0n) is 10.8. The molecule has 0 spiro atoms. The van der Waals surface area contributed by atoms with E-state index in [-0.39, 0.29) is 4.28 Å². The van der Waals surface area contributed by atoms with E-state index in [1.807, 2.05) is 29.1 Å². The monoisotopic (exact) mass is 349 g/mol. The number of hydrogen-bond acceptors (Lipinski definition) is 4. The summed E-state index contributed by atoms with van der Waals surface area (Å²) in [6.45, 7) is 2.14. The van der Waals surface area contributed by atoms with Crippen LogP contribution in [0.2, 0.25) is 0 Å². The molecule has 1 N–H and O–H groups in total. The average molecular weight is 350 g/mol. The number of para-hydroxylation sites is 1. The van der Waals surface area contributed by atoms with Crippen molar-refractivity contribution in [1.29, 1.82) is 0 Å². The van der Waals surface area contributed by atoms with E-state index in [1.165, 1.54) is 10.9 Å².